The summed E-state index contributed by atoms with van der Waals surface area (Å²) in [6.07, 6.45) is -0.148. The highest BCUT2D eigenvalue weighted by Gasteiger charge is 2.18. The predicted octanol–water partition coefficient (Wildman–Crippen LogP) is 3.31. The van der Waals surface area contributed by atoms with E-state index in [2.05, 4.69) is 15.6 Å². The van der Waals surface area contributed by atoms with Crippen LogP contribution in [-0.4, -0.2) is 46.4 Å². The van der Waals surface area contributed by atoms with Gasteiger partial charge in [0.15, 0.2) is 5.96 Å². The first-order chi connectivity index (χ1) is 11.7. The van der Waals surface area contributed by atoms with Crippen molar-refractivity contribution >= 4 is 40.7 Å². The molecule has 150 valence electrons. The Morgan fingerprint density at radius 3 is 2.42 bits per heavy atom. The average Bonchev–Trinajstić information content (AvgIpc) is 2.53. The molecule has 1 aromatic carbocycles. The number of halogens is 2. The van der Waals surface area contributed by atoms with Crippen LogP contribution >= 0.6 is 24.0 Å². The highest BCUT2D eigenvalue weighted by molar-refractivity contribution is 14.0. The van der Waals surface area contributed by atoms with Crippen molar-refractivity contribution in [1.82, 2.24) is 10.6 Å². The molecule has 26 heavy (non-hydrogen) atoms. The van der Waals surface area contributed by atoms with Gasteiger partial charge in [-0.1, -0.05) is 0 Å². The molecule has 0 heterocycles. The molecule has 0 amide bonds. The van der Waals surface area contributed by atoms with Crippen LogP contribution in [0.3, 0.4) is 0 Å². The Balaban J connectivity index is 0.00000625. The number of ether oxygens (including phenoxy) is 1. The van der Waals surface area contributed by atoms with Gasteiger partial charge < -0.3 is 15.4 Å². The zero-order chi connectivity index (χ0) is 18.9. The molecule has 1 aromatic rings. The molecule has 0 radical (unpaired) electrons. The van der Waals surface area contributed by atoms with E-state index >= 15 is 0 Å². The van der Waals surface area contributed by atoms with E-state index in [-0.39, 0.29) is 40.6 Å². The minimum Gasteiger partial charge on any atom is -0.489 e. The standard InChI is InChI=1S/C18H30FN3O2S.HI/c1-6-20-17(21-11-12-25(23)18(3,4)5)22-13-14(2)24-16-9-7-15(19)8-10-16;/h7-10,14H,6,11-13H2,1-5H3,(H2,20,21,22);1H. The Bertz CT molecular complexity index is 577. The van der Waals surface area contributed by atoms with Gasteiger partial charge in [-0.3, -0.25) is 4.21 Å². The molecule has 0 fully saturated rings. The maximum Gasteiger partial charge on any atom is 0.191 e. The molecule has 0 spiro atoms. The van der Waals surface area contributed by atoms with E-state index in [1.165, 1.54) is 12.1 Å². The molecule has 2 N–H and O–H groups in total. The lowest BCUT2D eigenvalue weighted by atomic mass is 10.3. The van der Waals surface area contributed by atoms with Crippen LogP contribution in [0.25, 0.3) is 0 Å². The van der Waals surface area contributed by atoms with Gasteiger partial charge in [0.25, 0.3) is 0 Å². The lowest BCUT2D eigenvalue weighted by molar-refractivity contribution is 0.230. The quantitative estimate of drug-likeness (QED) is 0.328. The second-order valence-corrected chi connectivity index (χ2v) is 9.01. The van der Waals surface area contributed by atoms with Crippen LogP contribution in [0.4, 0.5) is 4.39 Å². The maximum absolute atomic E-state index is 12.9. The molecular formula is C18H31FIN3O2S. The Morgan fingerprint density at radius 2 is 1.88 bits per heavy atom. The van der Waals surface area contributed by atoms with Crippen LogP contribution in [0.1, 0.15) is 34.6 Å². The Hall–Kier alpha value is -0.900. The molecule has 0 bridgehead atoms. The average molecular weight is 499 g/mol. The largest absolute Gasteiger partial charge is 0.489 e. The maximum atomic E-state index is 12.9. The number of nitrogens with zero attached hydrogens (tertiary/aromatic N) is 1. The molecule has 5 nitrogen and oxygen atoms in total. The van der Waals surface area contributed by atoms with Gasteiger partial charge in [-0.05, 0) is 58.9 Å². The molecule has 2 atom stereocenters. The second kappa shape index (κ2) is 12.5. The summed E-state index contributed by atoms with van der Waals surface area (Å²) < 4.78 is 30.5. The van der Waals surface area contributed by atoms with Crippen LogP contribution < -0.4 is 15.4 Å². The summed E-state index contributed by atoms with van der Waals surface area (Å²) in [6, 6.07) is 5.93. The predicted molar refractivity (Wildman–Crippen MR) is 119 cm³/mol. The van der Waals surface area contributed by atoms with Crippen molar-refractivity contribution in [3.63, 3.8) is 0 Å². The van der Waals surface area contributed by atoms with E-state index in [0.29, 0.717) is 30.6 Å². The second-order valence-electron chi connectivity index (χ2n) is 6.69. The van der Waals surface area contributed by atoms with Crippen LogP contribution in [-0.2, 0) is 10.8 Å². The molecule has 0 aliphatic rings. The third-order valence-corrected chi connectivity index (χ3v) is 5.21. The Kier molecular flexibility index (Phi) is 12.0. The SMILES string of the molecule is CCNC(=NCC(C)Oc1ccc(F)cc1)NCCS(=O)C(C)(C)C.I. The molecule has 2 unspecified atom stereocenters. The molecule has 0 saturated carbocycles. The van der Waals surface area contributed by atoms with Crippen molar-refractivity contribution in [3.05, 3.63) is 30.1 Å². The van der Waals surface area contributed by atoms with Crippen LogP contribution in [0.5, 0.6) is 5.75 Å². The van der Waals surface area contributed by atoms with Gasteiger partial charge in [0.2, 0.25) is 0 Å². The summed E-state index contributed by atoms with van der Waals surface area (Å²) in [4.78, 5) is 4.48. The lowest BCUT2D eigenvalue weighted by Crippen LogP contribution is -2.41. The summed E-state index contributed by atoms with van der Waals surface area (Å²) in [6.45, 7) is 11.6. The Labute approximate surface area is 176 Å². The third-order valence-electron chi connectivity index (χ3n) is 3.26. The molecule has 0 aliphatic heterocycles. The van der Waals surface area contributed by atoms with E-state index in [0.717, 1.165) is 6.54 Å². The number of nitrogens with one attached hydrogen (secondary N) is 2. The van der Waals surface area contributed by atoms with E-state index in [1.54, 1.807) is 12.1 Å². The fourth-order valence-electron chi connectivity index (χ4n) is 1.91. The monoisotopic (exact) mass is 499 g/mol. The number of rotatable bonds is 8. The number of guanidine groups is 1. The molecule has 1 rings (SSSR count). The van der Waals surface area contributed by atoms with E-state index in [9.17, 15) is 8.60 Å². The van der Waals surface area contributed by atoms with Gasteiger partial charge in [0, 0.05) is 34.4 Å². The molecular weight excluding hydrogens is 468 g/mol. The number of benzene rings is 1. The van der Waals surface area contributed by atoms with Gasteiger partial charge in [-0.25, -0.2) is 9.38 Å². The van der Waals surface area contributed by atoms with Crippen molar-refractivity contribution < 1.29 is 13.3 Å². The number of aliphatic imine (C=N–C) groups is 1. The van der Waals surface area contributed by atoms with Gasteiger partial charge in [-0.15, -0.1) is 24.0 Å². The molecule has 8 heteroatoms. The smallest absolute Gasteiger partial charge is 0.191 e. The summed E-state index contributed by atoms with van der Waals surface area (Å²) in [5.74, 6) is 1.56. The lowest BCUT2D eigenvalue weighted by Gasteiger charge is -2.19. The van der Waals surface area contributed by atoms with E-state index in [1.807, 2.05) is 34.6 Å². The van der Waals surface area contributed by atoms with Crippen LogP contribution in [0.2, 0.25) is 0 Å². The highest BCUT2D eigenvalue weighted by atomic mass is 127. The van der Waals surface area contributed by atoms with Crippen LogP contribution in [0.15, 0.2) is 29.3 Å². The van der Waals surface area contributed by atoms with Crippen molar-refractivity contribution in [2.45, 2.75) is 45.5 Å². The van der Waals surface area contributed by atoms with Crippen molar-refractivity contribution in [3.8, 4) is 5.75 Å². The third kappa shape index (κ3) is 10.3. The number of hydrogen-bond donors (Lipinski definition) is 2. The first-order valence-electron chi connectivity index (χ1n) is 8.55. The first kappa shape index (κ1) is 25.1. The van der Waals surface area contributed by atoms with Gasteiger partial charge in [0.05, 0.1) is 6.54 Å². The minimum absolute atomic E-state index is 0. The fourth-order valence-corrected chi connectivity index (χ4v) is 2.81. The Morgan fingerprint density at radius 1 is 1.27 bits per heavy atom. The van der Waals surface area contributed by atoms with Crippen molar-refractivity contribution in [2.75, 3.05) is 25.4 Å². The number of hydrogen-bond acceptors (Lipinski definition) is 3. The fraction of sp³-hybridized carbons (Fsp3) is 0.611. The highest BCUT2D eigenvalue weighted by Crippen LogP contribution is 2.13. The zero-order valence-corrected chi connectivity index (χ0v) is 19.3. The van der Waals surface area contributed by atoms with Crippen LogP contribution in [0, 0.1) is 5.82 Å². The van der Waals surface area contributed by atoms with Gasteiger partial charge in [-0.2, -0.15) is 0 Å². The summed E-state index contributed by atoms with van der Waals surface area (Å²) in [5, 5.41) is 6.35. The van der Waals surface area contributed by atoms with Gasteiger partial charge in [0.1, 0.15) is 17.7 Å². The molecule has 0 saturated heterocycles. The molecule has 0 aliphatic carbocycles. The zero-order valence-electron chi connectivity index (χ0n) is 16.2. The van der Waals surface area contributed by atoms with E-state index < -0.39 is 10.8 Å². The van der Waals surface area contributed by atoms with E-state index in [4.69, 9.17) is 4.74 Å². The molecule has 0 aromatic heterocycles. The van der Waals surface area contributed by atoms with Crippen molar-refractivity contribution in [2.24, 2.45) is 4.99 Å². The minimum atomic E-state index is -0.900. The topological polar surface area (TPSA) is 62.7 Å². The normalized spacial score (nSPS) is 14.2. The summed E-state index contributed by atoms with van der Waals surface area (Å²) >= 11 is 0. The summed E-state index contributed by atoms with van der Waals surface area (Å²) in [5.41, 5.74) is 0. The first-order valence-corrected chi connectivity index (χ1v) is 9.87. The summed E-state index contributed by atoms with van der Waals surface area (Å²) in [7, 11) is -0.900. The van der Waals surface area contributed by atoms with Gasteiger partial charge >= 0.3 is 0 Å². The van der Waals surface area contributed by atoms with Crippen molar-refractivity contribution in [1.29, 1.82) is 0 Å².